The molecule has 86 valence electrons. The average Bonchev–Trinajstić information content (AvgIpc) is 2.35. The van der Waals surface area contributed by atoms with E-state index in [4.69, 9.17) is 4.74 Å². The molecular weight excluding hydrogens is 226 g/mol. The Morgan fingerprint density at radius 1 is 0.941 bits per heavy atom. The zero-order chi connectivity index (χ0) is 12.3. The van der Waals surface area contributed by atoms with Crippen LogP contribution in [0.4, 0.5) is 8.78 Å². The highest BCUT2D eigenvalue weighted by Gasteiger charge is 2.10. The molecule has 0 aliphatic rings. The minimum atomic E-state index is -0.774. The van der Waals surface area contributed by atoms with Crippen LogP contribution in [-0.2, 0) is 0 Å². The maximum atomic E-state index is 13.3. The molecule has 2 nitrogen and oxygen atoms in total. The van der Waals surface area contributed by atoms with Gasteiger partial charge < -0.3 is 4.74 Å². The summed E-state index contributed by atoms with van der Waals surface area (Å²) in [5.74, 6) is -1.74. The van der Waals surface area contributed by atoms with Crippen molar-refractivity contribution in [1.82, 2.24) is 0 Å². The predicted molar refractivity (Wildman–Crippen MR) is 58.3 cm³/mol. The van der Waals surface area contributed by atoms with Gasteiger partial charge in [-0.3, -0.25) is 4.79 Å². The molecule has 17 heavy (non-hydrogen) atoms. The summed E-state index contributed by atoms with van der Waals surface area (Å²) in [6, 6.07) is 9.41. The maximum Gasteiger partial charge on any atom is 0.198 e. The second-order valence-corrected chi connectivity index (χ2v) is 3.34. The second kappa shape index (κ2) is 4.74. The third-order valence-corrected chi connectivity index (χ3v) is 2.16. The van der Waals surface area contributed by atoms with Crippen LogP contribution in [0.1, 0.15) is 10.4 Å². The molecule has 0 radical (unpaired) electrons. The van der Waals surface area contributed by atoms with E-state index in [0.29, 0.717) is 11.8 Å². The minimum Gasteiger partial charge on any atom is -0.451 e. The van der Waals surface area contributed by atoms with Crippen molar-refractivity contribution in [1.29, 1.82) is 0 Å². The van der Waals surface area contributed by atoms with E-state index in [9.17, 15) is 13.6 Å². The second-order valence-electron chi connectivity index (χ2n) is 3.34. The summed E-state index contributed by atoms with van der Waals surface area (Å²) in [7, 11) is 0. The fourth-order valence-electron chi connectivity index (χ4n) is 1.31. The lowest BCUT2D eigenvalue weighted by molar-refractivity contribution is 0.112. The highest BCUT2D eigenvalue weighted by atomic mass is 19.1. The van der Waals surface area contributed by atoms with Crippen LogP contribution in [0.15, 0.2) is 42.5 Å². The van der Waals surface area contributed by atoms with E-state index in [2.05, 4.69) is 0 Å². The molecule has 0 aromatic heterocycles. The molecule has 0 spiro atoms. The Morgan fingerprint density at radius 2 is 1.53 bits per heavy atom. The van der Waals surface area contributed by atoms with E-state index in [1.807, 2.05) is 0 Å². The Labute approximate surface area is 96.5 Å². The topological polar surface area (TPSA) is 26.3 Å². The molecule has 0 unspecified atom stereocenters. The van der Waals surface area contributed by atoms with E-state index >= 15 is 0 Å². The summed E-state index contributed by atoms with van der Waals surface area (Å²) in [5.41, 5.74) is 0.464. The highest BCUT2D eigenvalue weighted by Crippen LogP contribution is 2.27. The van der Waals surface area contributed by atoms with Crippen molar-refractivity contribution in [2.24, 2.45) is 0 Å². The van der Waals surface area contributed by atoms with Crippen molar-refractivity contribution in [2.45, 2.75) is 0 Å². The largest absolute Gasteiger partial charge is 0.451 e. The third kappa shape index (κ3) is 2.47. The third-order valence-electron chi connectivity index (χ3n) is 2.16. The first-order valence-corrected chi connectivity index (χ1v) is 4.88. The number of hydrogen-bond donors (Lipinski definition) is 0. The fraction of sp³-hybridized carbons (Fsp3) is 0. The van der Waals surface area contributed by atoms with Gasteiger partial charge in [-0.1, -0.05) is 6.07 Å². The van der Waals surface area contributed by atoms with Crippen LogP contribution in [0, 0.1) is 11.6 Å². The van der Waals surface area contributed by atoms with Crippen molar-refractivity contribution < 1.29 is 18.3 Å². The molecule has 0 N–H and O–H groups in total. The van der Waals surface area contributed by atoms with Gasteiger partial charge in [-0.25, -0.2) is 8.78 Å². The molecule has 0 saturated heterocycles. The van der Waals surface area contributed by atoms with E-state index in [1.165, 1.54) is 30.3 Å². The molecule has 0 atom stereocenters. The van der Waals surface area contributed by atoms with Gasteiger partial charge in [-0.05, 0) is 36.4 Å². The highest BCUT2D eigenvalue weighted by molar-refractivity contribution is 5.74. The van der Waals surface area contributed by atoms with Crippen LogP contribution < -0.4 is 4.74 Å². The first-order chi connectivity index (χ1) is 8.20. The van der Waals surface area contributed by atoms with Crippen LogP contribution >= 0.6 is 0 Å². The van der Waals surface area contributed by atoms with Crippen LogP contribution in [0.5, 0.6) is 11.5 Å². The summed E-state index contributed by atoms with van der Waals surface area (Å²) in [6.45, 7) is 0. The lowest BCUT2D eigenvalue weighted by atomic mass is 10.2. The Hall–Kier alpha value is -2.23. The van der Waals surface area contributed by atoms with E-state index in [1.54, 1.807) is 0 Å². The molecule has 0 fully saturated rings. The smallest absolute Gasteiger partial charge is 0.198 e. The molecule has 0 heterocycles. The SMILES string of the molecule is O=Cc1ccc(Oc2c(F)cccc2F)cc1. The van der Waals surface area contributed by atoms with Crippen molar-refractivity contribution in [2.75, 3.05) is 0 Å². The summed E-state index contributed by atoms with van der Waals surface area (Å²) in [5, 5.41) is 0. The number of carbonyl (C=O) groups is 1. The fourth-order valence-corrected chi connectivity index (χ4v) is 1.31. The normalized spacial score (nSPS) is 10.0. The van der Waals surface area contributed by atoms with Crippen LogP contribution in [0.25, 0.3) is 0 Å². The van der Waals surface area contributed by atoms with Gasteiger partial charge in [0, 0.05) is 5.56 Å². The number of hydrogen-bond acceptors (Lipinski definition) is 2. The molecule has 0 saturated carbocycles. The zero-order valence-corrected chi connectivity index (χ0v) is 8.69. The molecule has 0 amide bonds. The Balaban J connectivity index is 2.28. The van der Waals surface area contributed by atoms with E-state index in [-0.39, 0.29) is 5.75 Å². The summed E-state index contributed by atoms with van der Waals surface area (Å²) in [6.07, 6.45) is 0.674. The van der Waals surface area contributed by atoms with E-state index in [0.717, 1.165) is 12.1 Å². The van der Waals surface area contributed by atoms with Gasteiger partial charge in [0.15, 0.2) is 17.4 Å². The number of aldehydes is 1. The Kier molecular flexibility index (Phi) is 3.14. The van der Waals surface area contributed by atoms with Crippen LogP contribution in [0.3, 0.4) is 0 Å². The van der Waals surface area contributed by atoms with Gasteiger partial charge in [0.05, 0.1) is 0 Å². The molecule has 0 bridgehead atoms. The predicted octanol–water partition coefficient (Wildman–Crippen LogP) is 3.57. The van der Waals surface area contributed by atoms with Crippen molar-refractivity contribution in [3.8, 4) is 11.5 Å². The van der Waals surface area contributed by atoms with Gasteiger partial charge in [-0.2, -0.15) is 0 Å². The van der Waals surface area contributed by atoms with Crippen LogP contribution in [0.2, 0.25) is 0 Å². The summed E-state index contributed by atoms with van der Waals surface area (Å²) < 4.78 is 31.6. The van der Waals surface area contributed by atoms with Crippen LogP contribution in [-0.4, -0.2) is 6.29 Å². The first-order valence-electron chi connectivity index (χ1n) is 4.88. The molecular formula is C13H8F2O2. The number of benzene rings is 2. The molecule has 2 aromatic rings. The maximum absolute atomic E-state index is 13.3. The van der Waals surface area contributed by atoms with Gasteiger partial charge >= 0.3 is 0 Å². The standard InChI is InChI=1S/C13H8F2O2/c14-11-2-1-3-12(15)13(11)17-10-6-4-9(8-16)5-7-10/h1-8H. The van der Waals surface area contributed by atoms with Gasteiger partial charge in [0.25, 0.3) is 0 Å². The molecule has 0 aliphatic heterocycles. The summed E-state index contributed by atoms with van der Waals surface area (Å²) >= 11 is 0. The number of halogens is 2. The Bertz CT molecular complexity index is 515. The molecule has 4 heteroatoms. The zero-order valence-electron chi connectivity index (χ0n) is 8.69. The minimum absolute atomic E-state index is 0.264. The van der Waals surface area contributed by atoms with Gasteiger partial charge in [-0.15, -0.1) is 0 Å². The lowest BCUT2D eigenvalue weighted by Crippen LogP contribution is -1.92. The first kappa shape index (κ1) is 11.3. The number of carbonyl (C=O) groups excluding carboxylic acids is 1. The van der Waals surface area contributed by atoms with Gasteiger partial charge in [0.1, 0.15) is 12.0 Å². The quantitative estimate of drug-likeness (QED) is 0.759. The van der Waals surface area contributed by atoms with Crippen molar-refractivity contribution in [3.05, 3.63) is 59.7 Å². The van der Waals surface area contributed by atoms with E-state index < -0.39 is 17.4 Å². The molecule has 2 aromatic carbocycles. The average molecular weight is 234 g/mol. The lowest BCUT2D eigenvalue weighted by Gasteiger charge is -2.07. The molecule has 2 rings (SSSR count). The van der Waals surface area contributed by atoms with Crippen molar-refractivity contribution >= 4 is 6.29 Å². The number of rotatable bonds is 3. The summed E-state index contributed by atoms with van der Waals surface area (Å²) in [4.78, 5) is 10.4. The van der Waals surface area contributed by atoms with Gasteiger partial charge in [0.2, 0.25) is 0 Å². The van der Waals surface area contributed by atoms with Crippen molar-refractivity contribution in [3.63, 3.8) is 0 Å². The monoisotopic (exact) mass is 234 g/mol. The Morgan fingerprint density at radius 3 is 2.06 bits per heavy atom. The number of para-hydroxylation sites is 1. The molecule has 0 aliphatic carbocycles. The number of ether oxygens (including phenoxy) is 1.